The Labute approximate surface area is 179 Å². The standard InChI is InChI=1S/C23H31N3O3S/c1-3-21(19-13-11-18(2)12-14-19)25-23(27)24-17-20-9-5-6-10-22(20)30(28,29)26-15-7-4-8-16-26/h5-6,9-14,21H,3-4,7-8,15-17H2,1-2H3,(H2,24,25,27)/t21-/m1/s1. The lowest BCUT2D eigenvalue weighted by atomic mass is 10.0. The summed E-state index contributed by atoms with van der Waals surface area (Å²) in [7, 11) is -3.55. The van der Waals surface area contributed by atoms with E-state index in [2.05, 4.69) is 10.6 Å². The first-order chi connectivity index (χ1) is 14.4. The summed E-state index contributed by atoms with van der Waals surface area (Å²) in [4.78, 5) is 12.8. The molecule has 6 nitrogen and oxygen atoms in total. The molecule has 0 spiro atoms. The van der Waals surface area contributed by atoms with Crippen molar-refractivity contribution in [1.29, 1.82) is 0 Å². The molecule has 2 aromatic rings. The van der Waals surface area contributed by atoms with Gasteiger partial charge in [-0.05, 0) is 43.4 Å². The predicted octanol–water partition coefficient (Wildman–Crippen LogP) is 4.12. The molecule has 0 radical (unpaired) electrons. The summed E-state index contributed by atoms with van der Waals surface area (Å²) < 4.78 is 27.7. The van der Waals surface area contributed by atoms with Gasteiger partial charge in [0.1, 0.15) is 0 Å². The number of carbonyl (C=O) groups is 1. The zero-order valence-corrected chi connectivity index (χ0v) is 18.5. The number of nitrogens with one attached hydrogen (secondary N) is 2. The predicted molar refractivity (Wildman–Crippen MR) is 119 cm³/mol. The third kappa shape index (κ3) is 5.40. The Hall–Kier alpha value is -2.38. The lowest BCUT2D eigenvalue weighted by molar-refractivity contribution is 0.236. The van der Waals surface area contributed by atoms with E-state index in [1.54, 1.807) is 28.6 Å². The van der Waals surface area contributed by atoms with Crippen LogP contribution in [0.25, 0.3) is 0 Å². The SMILES string of the molecule is CC[C@@H](NC(=O)NCc1ccccc1S(=O)(=O)N1CCCCC1)c1ccc(C)cc1. The fourth-order valence-electron chi connectivity index (χ4n) is 3.75. The molecular formula is C23H31N3O3S. The molecule has 2 amide bonds. The molecule has 30 heavy (non-hydrogen) atoms. The van der Waals surface area contributed by atoms with Gasteiger partial charge in [0.05, 0.1) is 10.9 Å². The van der Waals surface area contributed by atoms with E-state index in [1.165, 1.54) is 5.56 Å². The fraction of sp³-hybridized carbons (Fsp3) is 0.435. The fourth-order valence-corrected chi connectivity index (χ4v) is 5.49. The second-order valence-corrected chi connectivity index (χ2v) is 9.68. The molecule has 3 rings (SSSR count). The van der Waals surface area contributed by atoms with Gasteiger partial charge in [-0.15, -0.1) is 0 Å². The summed E-state index contributed by atoms with van der Waals surface area (Å²) in [6.07, 6.45) is 3.60. The second-order valence-electron chi connectivity index (χ2n) is 7.77. The summed E-state index contributed by atoms with van der Waals surface area (Å²) in [6, 6.07) is 14.6. The molecule has 1 aliphatic rings. The van der Waals surface area contributed by atoms with Crippen LogP contribution in [0.2, 0.25) is 0 Å². The van der Waals surface area contributed by atoms with Gasteiger partial charge in [0.25, 0.3) is 0 Å². The number of rotatable bonds is 7. The largest absolute Gasteiger partial charge is 0.334 e. The Bertz CT molecular complexity index is 952. The van der Waals surface area contributed by atoms with Gasteiger partial charge in [0, 0.05) is 19.6 Å². The molecule has 0 unspecified atom stereocenters. The Balaban J connectivity index is 1.67. The van der Waals surface area contributed by atoms with Crippen LogP contribution in [0.15, 0.2) is 53.4 Å². The van der Waals surface area contributed by atoms with E-state index in [4.69, 9.17) is 0 Å². The average molecular weight is 430 g/mol. The first-order valence-corrected chi connectivity index (χ1v) is 12.0. The van der Waals surface area contributed by atoms with Crippen LogP contribution in [0.4, 0.5) is 4.79 Å². The van der Waals surface area contributed by atoms with Crippen molar-refractivity contribution >= 4 is 16.1 Å². The molecule has 1 aliphatic heterocycles. The molecule has 0 saturated carbocycles. The number of nitrogens with zero attached hydrogens (tertiary/aromatic N) is 1. The lowest BCUT2D eigenvalue weighted by Crippen LogP contribution is -2.38. The molecule has 1 atom stereocenters. The van der Waals surface area contributed by atoms with E-state index in [0.29, 0.717) is 18.7 Å². The van der Waals surface area contributed by atoms with E-state index in [9.17, 15) is 13.2 Å². The number of urea groups is 1. The maximum atomic E-state index is 13.1. The number of hydrogen-bond donors (Lipinski definition) is 2. The van der Waals surface area contributed by atoms with Gasteiger partial charge in [0.15, 0.2) is 0 Å². The van der Waals surface area contributed by atoms with E-state index < -0.39 is 10.0 Å². The highest BCUT2D eigenvalue weighted by Crippen LogP contribution is 2.23. The van der Waals surface area contributed by atoms with E-state index in [0.717, 1.165) is 31.2 Å². The van der Waals surface area contributed by atoms with Gasteiger partial charge in [-0.1, -0.05) is 61.4 Å². The van der Waals surface area contributed by atoms with Crippen molar-refractivity contribution in [3.63, 3.8) is 0 Å². The number of carbonyl (C=O) groups excluding carboxylic acids is 1. The third-order valence-corrected chi connectivity index (χ3v) is 7.54. The monoisotopic (exact) mass is 429 g/mol. The van der Waals surface area contributed by atoms with Crippen LogP contribution in [0.1, 0.15) is 55.3 Å². The van der Waals surface area contributed by atoms with E-state index >= 15 is 0 Å². The summed E-state index contributed by atoms with van der Waals surface area (Å²) >= 11 is 0. The molecule has 0 aromatic heterocycles. The Morgan fingerprint density at radius 1 is 1.03 bits per heavy atom. The summed E-state index contributed by atoms with van der Waals surface area (Å²) in [5.41, 5.74) is 2.82. The van der Waals surface area contributed by atoms with Crippen molar-refractivity contribution in [3.8, 4) is 0 Å². The van der Waals surface area contributed by atoms with Crippen LogP contribution in [-0.2, 0) is 16.6 Å². The van der Waals surface area contributed by atoms with Crippen LogP contribution in [0, 0.1) is 6.92 Å². The number of hydrogen-bond acceptors (Lipinski definition) is 3. The number of amides is 2. The maximum absolute atomic E-state index is 13.1. The van der Waals surface area contributed by atoms with Crippen molar-refractivity contribution in [1.82, 2.24) is 14.9 Å². The summed E-state index contributed by atoms with van der Waals surface area (Å²) in [5, 5.41) is 5.81. The minimum absolute atomic E-state index is 0.0991. The molecule has 2 aromatic carbocycles. The minimum atomic E-state index is -3.55. The van der Waals surface area contributed by atoms with Gasteiger partial charge < -0.3 is 10.6 Å². The molecule has 0 aliphatic carbocycles. The van der Waals surface area contributed by atoms with Gasteiger partial charge in [-0.2, -0.15) is 4.31 Å². The molecule has 1 saturated heterocycles. The molecule has 7 heteroatoms. The highest BCUT2D eigenvalue weighted by atomic mass is 32.2. The Kier molecular flexibility index (Phi) is 7.50. The molecule has 1 fully saturated rings. The van der Waals surface area contributed by atoms with Crippen LogP contribution in [-0.4, -0.2) is 31.8 Å². The zero-order valence-electron chi connectivity index (χ0n) is 17.7. The van der Waals surface area contributed by atoms with Crippen molar-refractivity contribution in [2.45, 2.75) is 57.0 Å². The highest BCUT2D eigenvalue weighted by Gasteiger charge is 2.28. The minimum Gasteiger partial charge on any atom is -0.334 e. The number of benzene rings is 2. The molecule has 162 valence electrons. The van der Waals surface area contributed by atoms with Crippen molar-refractivity contribution in [2.24, 2.45) is 0 Å². The van der Waals surface area contributed by atoms with Crippen LogP contribution >= 0.6 is 0 Å². The van der Waals surface area contributed by atoms with Gasteiger partial charge in [-0.3, -0.25) is 0 Å². The number of piperidine rings is 1. The topological polar surface area (TPSA) is 78.5 Å². The first kappa shape index (κ1) is 22.3. The summed E-state index contributed by atoms with van der Waals surface area (Å²) in [5.74, 6) is 0. The second kappa shape index (κ2) is 10.1. The number of aryl methyl sites for hydroxylation is 1. The molecule has 0 bridgehead atoms. The lowest BCUT2D eigenvalue weighted by Gasteiger charge is -2.27. The Morgan fingerprint density at radius 2 is 1.70 bits per heavy atom. The smallest absolute Gasteiger partial charge is 0.315 e. The van der Waals surface area contributed by atoms with E-state index in [1.807, 2.05) is 38.1 Å². The van der Waals surface area contributed by atoms with Gasteiger partial charge >= 0.3 is 6.03 Å². The van der Waals surface area contributed by atoms with Crippen molar-refractivity contribution in [3.05, 3.63) is 65.2 Å². The highest BCUT2D eigenvalue weighted by molar-refractivity contribution is 7.89. The van der Waals surface area contributed by atoms with Gasteiger partial charge in [-0.25, -0.2) is 13.2 Å². The molecule has 2 N–H and O–H groups in total. The molecule has 1 heterocycles. The van der Waals surface area contributed by atoms with Crippen LogP contribution in [0.5, 0.6) is 0 Å². The quantitative estimate of drug-likeness (QED) is 0.695. The third-order valence-electron chi connectivity index (χ3n) is 5.54. The maximum Gasteiger partial charge on any atom is 0.315 e. The molecular weight excluding hydrogens is 398 g/mol. The van der Waals surface area contributed by atoms with Gasteiger partial charge in [0.2, 0.25) is 10.0 Å². The number of sulfonamides is 1. The van der Waals surface area contributed by atoms with Crippen molar-refractivity contribution < 1.29 is 13.2 Å². The van der Waals surface area contributed by atoms with Crippen LogP contribution < -0.4 is 10.6 Å². The van der Waals surface area contributed by atoms with Crippen molar-refractivity contribution in [2.75, 3.05) is 13.1 Å². The zero-order chi connectivity index (χ0) is 21.6. The Morgan fingerprint density at radius 3 is 2.37 bits per heavy atom. The van der Waals surface area contributed by atoms with E-state index in [-0.39, 0.29) is 23.5 Å². The van der Waals surface area contributed by atoms with Crippen LogP contribution in [0.3, 0.4) is 0 Å². The average Bonchev–Trinajstić information content (AvgIpc) is 2.77. The normalized spacial score (nSPS) is 16.1. The summed E-state index contributed by atoms with van der Waals surface area (Å²) in [6.45, 7) is 5.31. The first-order valence-electron chi connectivity index (χ1n) is 10.6.